The van der Waals surface area contributed by atoms with Gasteiger partial charge >= 0.3 is 5.97 Å². The highest BCUT2D eigenvalue weighted by molar-refractivity contribution is 7.20. The molecule has 0 amide bonds. The van der Waals surface area contributed by atoms with Gasteiger partial charge < -0.3 is 4.74 Å². The van der Waals surface area contributed by atoms with E-state index in [1.807, 2.05) is 44.2 Å². The molecule has 3 rings (SSSR count). The molecule has 0 aliphatic carbocycles. The number of ether oxygens (including phenoxy) is 1. The van der Waals surface area contributed by atoms with Crippen LogP contribution in [0.4, 0.5) is 0 Å². The van der Waals surface area contributed by atoms with Crippen LogP contribution in [0.2, 0.25) is 0 Å². The first-order chi connectivity index (χ1) is 9.63. The molecular formula is C15H13NO2S2. The van der Waals surface area contributed by atoms with Crippen LogP contribution < -0.4 is 0 Å². The first kappa shape index (κ1) is 13.3. The Balaban J connectivity index is 1.74. The summed E-state index contributed by atoms with van der Waals surface area (Å²) in [6.45, 7) is 4.19. The van der Waals surface area contributed by atoms with Crippen LogP contribution in [0, 0.1) is 13.8 Å². The topological polar surface area (TPSA) is 39.2 Å². The molecule has 0 aliphatic rings. The highest BCUT2D eigenvalue weighted by atomic mass is 32.1. The quantitative estimate of drug-likeness (QED) is 0.676. The number of thiazole rings is 1. The zero-order valence-corrected chi connectivity index (χ0v) is 12.8. The molecule has 2 heterocycles. The molecule has 20 heavy (non-hydrogen) atoms. The molecule has 2 aromatic heterocycles. The molecule has 0 bridgehead atoms. The number of esters is 1. The van der Waals surface area contributed by atoms with Crippen LogP contribution in [0.5, 0.6) is 0 Å². The SMILES string of the molecule is Cc1nc(C)c(COC(=O)c2cc3ccccc3s2)s1. The van der Waals surface area contributed by atoms with Gasteiger partial charge in [-0.1, -0.05) is 18.2 Å². The van der Waals surface area contributed by atoms with Gasteiger partial charge in [0.1, 0.15) is 11.5 Å². The van der Waals surface area contributed by atoms with Crippen molar-refractivity contribution in [1.29, 1.82) is 0 Å². The Morgan fingerprint density at radius 2 is 2.05 bits per heavy atom. The fourth-order valence-corrected chi connectivity index (χ4v) is 3.80. The molecule has 1 aromatic carbocycles. The number of hydrogen-bond donors (Lipinski definition) is 0. The Morgan fingerprint density at radius 3 is 2.75 bits per heavy atom. The van der Waals surface area contributed by atoms with Crippen molar-refractivity contribution < 1.29 is 9.53 Å². The minimum absolute atomic E-state index is 0.267. The van der Waals surface area contributed by atoms with Gasteiger partial charge in [0.2, 0.25) is 0 Å². The minimum Gasteiger partial charge on any atom is -0.456 e. The number of thiophene rings is 1. The summed E-state index contributed by atoms with van der Waals surface area (Å²) in [4.78, 5) is 18.1. The third kappa shape index (κ3) is 2.59. The van der Waals surface area contributed by atoms with Crippen molar-refractivity contribution in [3.63, 3.8) is 0 Å². The zero-order chi connectivity index (χ0) is 14.1. The summed E-state index contributed by atoms with van der Waals surface area (Å²) < 4.78 is 6.48. The lowest BCUT2D eigenvalue weighted by atomic mass is 10.2. The maximum absolute atomic E-state index is 12.1. The van der Waals surface area contributed by atoms with Crippen molar-refractivity contribution in [3.8, 4) is 0 Å². The van der Waals surface area contributed by atoms with E-state index in [0.29, 0.717) is 11.5 Å². The monoisotopic (exact) mass is 303 g/mol. The van der Waals surface area contributed by atoms with E-state index in [1.165, 1.54) is 11.3 Å². The van der Waals surface area contributed by atoms with Crippen molar-refractivity contribution in [2.24, 2.45) is 0 Å². The molecule has 102 valence electrons. The van der Waals surface area contributed by atoms with Crippen molar-refractivity contribution >= 4 is 38.7 Å². The van der Waals surface area contributed by atoms with Crippen LogP contribution in [0.3, 0.4) is 0 Å². The zero-order valence-electron chi connectivity index (χ0n) is 11.2. The van der Waals surface area contributed by atoms with Crippen LogP contribution in [-0.2, 0) is 11.3 Å². The number of carbonyl (C=O) groups is 1. The summed E-state index contributed by atoms with van der Waals surface area (Å²) in [5.41, 5.74) is 0.941. The molecule has 0 aliphatic heterocycles. The number of benzene rings is 1. The second kappa shape index (κ2) is 5.34. The Kier molecular flexibility index (Phi) is 3.54. The number of carbonyl (C=O) groups excluding carboxylic acids is 1. The van der Waals surface area contributed by atoms with Crippen LogP contribution in [0.1, 0.15) is 25.3 Å². The van der Waals surface area contributed by atoms with E-state index in [9.17, 15) is 4.79 Å². The maximum atomic E-state index is 12.1. The van der Waals surface area contributed by atoms with Gasteiger partial charge in [0.05, 0.1) is 15.6 Å². The van der Waals surface area contributed by atoms with E-state index in [4.69, 9.17) is 4.74 Å². The number of aromatic nitrogens is 1. The first-order valence-electron chi connectivity index (χ1n) is 6.22. The normalized spacial score (nSPS) is 10.9. The third-order valence-electron chi connectivity index (χ3n) is 2.96. The Hall–Kier alpha value is -1.72. The Labute approximate surface area is 124 Å². The lowest BCUT2D eigenvalue weighted by molar-refractivity contribution is 0.0482. The van der Waals surface area contributed by atoms with Crippen LogP contribution in [-0.4, -0.2) is 11.0 Å². The molecule has 0 unspecified atom stereocenters. The van der Waals surface area contributed by atoms with Gasteiger partial charge in [-0.05, 0) is 31.4 Å². The molecule has 0 atom stereocenters. The highest BCUT2D eigenvalue weighted by Crippen LogP contribution is 2.26. The Morgan fingerprint density at radius 1 is 1.25 bits per heavy atom. The van der Waals surface area contributed by atoms with Crippen LogP contribution >= 0.6 is 22.7 Å². The van der Waals surface area contributed by atoms with Crippen molar-refractivity contribution in [3.05, 3.63) is 50.8 Å². The second-order valence-electron chi connectivity index (χ2n) is 4.47. The summed E-state index contributed by atoms with van der Waals surface area (Å²) >= 11 is 3.03. The molecule has 0 saturated heterocycles. The van der Waals surface area contributed by atoms with Crippen LogP contribution in [0.15, 0.2) is 30.3 Å². The fraction of sp³-hybridized carbons (Fsp3) is 0.200. The molecule has 0 fully saturated rings. The number of nitrogens with zero attached hydrogens (tertiary/aromatic N) is 1. The van der Waals surface area contributed by atoms with Gasteiger partial charge in [-0.2, -0.15) is 0 Å². The predicted octanol–water partition coefficient (Wildman–Crippen LogP) is 4.33. The van der Waals surface area contributed by atoms with E-state index >= 15 is 0 Å². The molecule has 0 radical (unpaired) electrons. The second-order valence-corrected chi connectivity index (χ2v) is 6.84. The summed E-state index contributed by atoms with van der Waals surface area (Å²) in [5, 5.41) is 2.07. The van der Waals surface area contributed by atoms with Gasteiger partial charge in [0.15, 0.2) is 0 Å². The molecule has 0 N–H and O–H groups in total. The maximum Gasteiger partial charge on any atom is 0.348 e. The molecule has 3 aromatic rings. The van der Waals surface area contributed by atoms with Gasteiger partial charge in [0.25, 0.3) is 0 Å². The first-order valence-corrected chi connectivity index (χ1v) is 7.85. The van der Waals surface area contributed by atoms with Crippen molar-refractivity contribution in [2.45, 2.75) is 20.5 Å². The molecule has 3 nitrogen and oxygen atoms in total. The summed E-state index contributed by atoms with van der Waals surface area (Å²) in [5.74, 6) is -0.267. The van der Waals surface area contributed by atoms with E-state index < -0.39 is 0 Å². The smallest absolute Gasteiger partial charge is 0.348 e. The summed E-state index contributed by atoms with van der Waals surface area (Å²) in [7, 11) is 0. The van der Waals surface area contributed by atoms with Gasteiger partial charge in [-0.3, -0.25) is 0 Å². The number of rotatable bonds is 3. The van der Waals surface area contributed by atoms with E-state index in [1.54, 1.807) is 11.3 Å². The van der Waals surface area contributed by atoms with E-state index in [0.717, 1.165) is 25.7 Å². The number of hydrogen-bond acceptors (Lipinski definition) is 5. The highest BCUT2D eigenvalue weighted by Gasteiger charge is 2.13. The molecule has 5 heteroatoms. The largest absolute Gasteiger partial charge is 0.456 e. The molecular weight excluding hydrogens is 290 g/mol. The summed E-state index contributed by atoms with van der Waals surface area (Å²) in [6.07, 6.45) is 0. The lowest BCUT2D eigenvalue weighted by Crippen LogP contribution is -2.02. The van der Waals surface area contributed by atoms with Gasteiger partial charge in [-0.15, -0.1) is 22.7 Å². The molecule has 0 saturated carbocycles. The average Bonchev–Trinajstić information content (AvgIpc) is 2.99. The van der Waals surface area contributed by atoms with E-state index in [2.05, 4.69) is 4.98 Å². The lowest BCUT2D eigenvalue weighted by Gasteiger charge is -2.01. The molecule has 0 spiro atoms. The minimum atomic E-state index is -0.267. The van der Waals surface area contributed by atoms with E-state index in [-0.39, 0.29) is 5.97 Å². The third-order valence-corrected chi connectivity index (χ3v) is 5.10. The number of aryl methyl sites for hydroxylation is 2. The average molecular weight is 303 g/mol. The summed E-state index contributed by atoms with van der Waals surface area (Å²) in [6, 6.07) is 9.82. The fourth-order valence-electron chi connectivity index (χ4n) is 1.99. The number of fused-ring (bicyclic) bond motifs is 1. The predicted molar refractivity (Wildman–Crippen MR) is 82.5 cm³/mol. The van der Waals surface area contributed by atoms with Crippen LogP contribution in [0.25, 0.3) is 10.1 Å². The Bertz CT molecular complexity index is 740. The van der Waals surface area contributed by atoms with Gasteiger partial charge in [-0.25, -0.2) is 9.78 Å². The standard InChI is InChI=1S/C15H13NO2S2/c1-9-14(19-10(2)16-9)8-18-15(17)13-7-11-5-3-4-6-12(11)20-13/h3-7H,8H2,1-2H3. The van der Waals surface area contributed by atoms with Crippen molar-refractivity contribution in [2.75, 3.05) is 0 Å². The van der Waals surface area contributed by atoms with Crippen molar-refractivity contribution in [1.82, 2.24) is 4.98 Å². The van der Waals surface area contributed by atoms with Gasteiger partial charge in [0, 0.05) is 4.70 Å².